The van der Waals surface area contributed by atoms with Gasteiger partial charge in [-0.05, 0) is 92.2 Å². The van der Waals surface area contributed by atoms with E-state index in [0.717, 1.165) is 45.5 Å². The molecule has 1 aliphatic rings. The molecular weight excluding hydrogens is 584 g/mol. The minimum atomic E-state index is 0.237. The topological polar surface area (TPSA) is 21.8 Å². The van der Waals surface area contributed by atoms with Crippen molar-refractivity contribution in [3.63, 3.8) is 0 Å². The zero-order valence-corrected chi connectivity index (χ0v) is 27.1. The summed E-state index contributed by atoms with van der Waals surface area (Å²) in [6, 6.07) is 53.4. The number of fused-ring (bicyclic) bond motifs is 1. The number of hydrogen-bond acceptors (Lipinski definition) is 4. The second-order valence-electron chi connectivity index (χ2n) is 11.9. The molecule has 5 heteroatoms. The van der Waals surface area contributed by atoms with Crippen LogP contribution in [-0.2, 0) is 0 Å². The number of benzene rings is 6. The largest absolute Gasteiger partial charge is 0.310 e. The Morgan fingerprint density at radius 3 is 1.74 bits per heavy atom. The summed E-state index contributed by atoms with van der Waals surface area (Å²) in [4.78, 5) is 4.54. The summed E-state index contributed by atoms with van der Waals surface area (Å²) < 4.78 is 0. The first-order chi connectivity index (χ1) is 22.5. The Labute approximate surface area is 277 Å². The Bertz CT molecular complexity index is 1900. The van der Waals surface area contributed by atoms with Crippen LogP contribution in [0.15, 0.2) is 152 Å². The number of rotatable bonds is 7. The van der Waals surface area contributed by atoms with E-state index in [1.54, 1.807) is 0 Å². The molecule has 4 nitrogen and oxygen atoms in total. The molecule has 1 N–H and O–H groups in total. The van der Waals surface area contributed by atoms with Gasteiger partial charge in [0, 0.05) is 40.4 Å². The van der Waals surface area contributed by atoms with E-state index in [1.807, 2.05) is 12.1 Å². The molecule has 6 aromatic carbocycles. The Balaban J connectivity index is 1.38. The van der Waals surface area contributed by atoms with Gasteiger partial charge in [0.1, 0.15) is 0 Å². The lowest BCUT2D eigenvalue weighted by atomic mass is 9.91. The standard InChI is InChI=1S/C41H37ClN4/c1-29-24-26-34(27-25-29)45(36-19-12-18-35(28-36)44(32-14-6-4-7-15-32)33-16-8-5-9-17-33)39-22-13-23-40(41(39)42)46-38-21-11-10-20-37(38)30(2)31(3)43-46/h4-28,30-31,43H,1-3H3. The van der Waals surface area contributed by atoms with Crippen molar-refractivity contribution in [2.45, 2.75) is 32.7 Å². The highest BCUT2D eigenvalue weighted by atomic mass is 35.5. The minimum absolute atomic E-state index is 0.237. The predicted molar refractivity (Wildman–Crippen MR) is 195 cm³/mol. The number of nitrogens with zero attached hydrogens (tertiary/aromatic N) is 3. The van der Waals surface area contributed by atoms with E-state index < -0.39 is 0 Å². The van der Waals surface area contributed by atoms with Crippen molar-refractivity contribution >= 4 is 57.1 Å². The van der Waals surface area contributed by atoms with Crippen molar-refractivity contribution in [3.8, 4) is 0 Å². The third-order valence-corrected chi connectivity index (χ3v) is 9.25. The van der Waals surface area contributed by atoms with Crippen LogP contribution in [-0.4, -0.2) is 6.04 Å². The number of halogens is 1. The minimum Gasteiger partial charge on any atom is -0.310 e. The van der Waals surface area contributed by atoms with Gasteiger partial charge in [-0.1, -0.05) is 103 Å². The SMILES string of the molecule is Cc1ccc(N(c2cccc(N(c3ccccc3)c3ccccc3)c2)c2cccc(N3NC(C)C(C)c4ccccc43)c2Cl)cc1. The Morgan fingerprint density at radius 1 is 0.543 bits per heavy atom. The van der Waals surface area contributed by atoms with Gasteiger partial charge in [0.2, 0.25) is 0 Å². The van der Waals surface area contributed by atoms with Crippen molar-refractivity contribution in [3.05, 3.63) is 168 Å². The van der Waals surface area contributed by atoms with Crippen LogP contribution in [0.5, 0.6) is 0 Å². The van der Waals surface area contributed by atoms with Crippen LogP contribution in [0.1, 0.15) is 30.9 Å². The first kappa shape index (κ1) is 29.7. The van der Waals surface area contributed by atoms with Gasteiger partial charge in [0.15, 0.2) is 0 Å². The second-order valence-corrected chi connectivity index (χ2v) is 12.3. The van der Waals surface area contributed by atoms with E-state index in [4.69, 9.17) is 11.6 Å². The molecule has 0 radical (unpaired) electrons. The van der Waals surface area contributed by atoms with E-state index in [9.17, 15) is 0 Å². The van der Waals surface area contributed by atoms with Crippen molar-refractivity contribution in [1.29, 1.82) is 0 Å². The molecule has 0 amide bonds. The van der Waals surface area contributed by atoms with Gasteiger partial charge < -0.3 is 9.80 Å². The van der Waals surface area contributed by atoms with Crippen LogP contribution in [0.2, 0.25) is 5.02 Å². The van der Waals surface area contributed by atoms with Crippen molar-refractivity contribution in [1.82, 2.24) is 5.43 Å². The number of para-hydroxylation sites is 3. The molecule has 0 spiro atoms. The smallest absolute Gasteiger partial charge is 0.0898 e. The molecule has 0 aromatic heterocycles. The van der Waals surface area contributed by atoms with Crippen molar-refractivity contribution in [2.75, 3.05) is 14.8 Å². The molecule has 0 aliphatic carbocycles. The second kappa shape index (κ2) is 12.8. The summed E-state index contributed by atoms with van der Waals surface area (Å²) in [6.45, 7) is 6.61. The molecule has 2 atom stereocenters. The van der Waals surface area contributed by atoms with Crippen LogP contribution in [0.25, 0.3) is 0 Å². The molecule has 46 heavy (non-hydrogen) atoms. The average molecular weight is 621 g/mol. The van der Waals surface area contributed by atoms with Crippen LogP contribution >= 0.6 is 11.6 Å². The lowest BCUT2D eigenvalue weighted by Gasteiger charge is -2.40. The first-order valence-electron chi connectivity index (χ1n) is 15.8. The normalized spacial score (nSPS) is 15.7. The molecule has 0 fully saturated rings. The summed E-state index contributed by atoms with van der Waals surface area (Å²) >= 11 is 7.48. The fourth-order valence-corrected chi connectivity index (χ4v) is 6.57. The third-order valence-electron chi connectivity index (χ3n) is 8.86. The lowest BCUT2D eigenvalue weighted by molar-refractivity contribution is 0.464. The molecule has 6 aromatic rings. The summed E-state index contributed by atoms with van der Waals surface area (Å²) in [7, 11) is 0. The van der Waals surface area contributed by atoms with Gasteiger partial charge in [-0.25, -0.2) is 5.43 Å². The monoisotopic (exact) mass is 620 g/mol. The molecule has 2 unspecified atom stereocenters. The molecule has 0 saturated carbocycles. The highest BCUT2D eigenvalue weighted by Gasteiger charge is 2.30. The summed E-state index contributed by atoms with van der Waals surface area (Å²) in [6.07, 6.45) is 0. The maximum absolute atomic E-state index is 7.48. The van der Waals surface area contributed by atoms with Gasteiger partial charge in [-0.2, -0.15) is 0 Å². The average Bonchev–Trinajstić information content (AvgIpc) is 3.10. The van der Waals surface area contributed by atoms with E-state index in [-0.39, 0.29) is 6.04 Å². The highest BCUT2D eigenvalue weighted by Crippen LogP contribution is 2.47. The maximum atomic E-state index is 7.48. The van der Waals surface area contributed by atoms with Crippen molar-refractivity contribution < 1.29 is 0 Å². The van der Waals surface area contributed by atoms with Gasteiger partial charge in [0.05, 0.1) is 22.1 Å². The summed E-state index contributed by atoms with van der Waals surface area (Å²) in [5.74, 6) is 0.373. The maximum Gasteiger partial charge on any atom is 0.0898 e. The lowest BCUT2D eigenvalue weighted by Crippen LogP contribution is -2.47. The fraction of sp³-hybridized carbons (Fsp3) is 0.122. The molecule has 0 saturated heterocycles. The molecular formula is C41H37ClN4. The zero-order chi connectivity index (χ0) is 31.6. The van der Waals surface area contributed by atoms with Gasteiger partial charge in [-0.3, -0.25) is 5.01 Å². The number of aryl methyl sites for hydroxylation is 1. The molecule has 0 bridgehead atoms. The quantitative estimate of drug-likeness (QED) is 0.192. The molecule has 1 aliphatic heterocycles. The van der Waals surface area contributed by atoms with E-state index >= 15 is 0 Å². The van der Waals surface area contributed by atoms with E-state index in [2.05, 4.69) is 181 Å². The van der Waals surface area contributed by atoms with Crippen LogP contribution in [0.3, 0.4) is 0 Å². The number of hydrazine groups is 1. The first-order valence-corrected chi connectivity index (χ1v) is 16.2. The molecule has 1 heterocycles. The summed E-state index contributed by atoms with van der Waals surface area (Å²) in [5, 5.41) is 2.82. The van der Waals surface area contributed by atoms with Gasteiger partial charge >= 0.3 is 0 Å². The predicted octanol–water partition coefficient (Wildman–Crippen LogP) is 11.7. The van der Waals surface area contributed by atoms with Crippen LogP contribution < -0.4 is 20.2 Å². The Hall–Kier alpha value is -5.03. The number of anilines is 8. The number of hydrogen-bond donors (Lipinski definition) is 1. The fourth-order valence-electron chi connectivity index (χ4n) is 6.28. The van der Waals surface area contributed by atoms with Crippen LogP contribution in [0, 0.1) is 6.92 Å². The molecule has 7 rings (SSSR count). The van der Waals surface area contributed by atoms with E-state index in [1.165, 1.54) is 11.1 Å². The Morgan fingerprint density at radius 2 is 1.07 bits per heavy atom. The Kier molecular flexibility index (Phi) is 8.23. The summed E-state index contributed by atoms with van der Waals surface area (Å²) in [5.41, 5.74) is 14.4. The van der Waals surface area contributed by atoms with Gasteiger partial charge in [-0.15, -0.1) is 0 Å². The zero-order valence-electron chi connectivity index (χ0n) is 26.3. The van der Waals surface area contributed by atoms with Gasteiger partial charge in [0.25, 0.3) is 0 Å². The van der Waals surface area contributed by atoms with Crippen molar-refractivity contribution in [2.24, 2.45) is 0 Å². The third kappa shape index (κ3) is 5.62. The van der Waals surface area contributed by atoms with Crippen LogP contribution in [0.4, 0.5) is 45.5 Å². The number of nitrogens with one attached hydrogen (secondary N) is 1. The highest BCUT2D eigenvalue weighted by molar-refractivity contribution is 6.36. The molecule has 228 valence electrons. The van der Waals surface area contributed by atoms with E-state index in [0.29, 0.717) is 10.9 Å².